The van der Waals surface area contributed by atoms with E-state index in [9.17, 15) is 14.7 Å². The number of aliphatic hydroxyl groups excluding tert-OH is 1. The number of aromatic nitrogens is 1. The monoisotopic (exact) mass is 424 g/mol. The van der Waals surface area contributed by atoms with Gasteiger partial charge in [0, 0.05) is 30.8 Å². The summed E-state index contributed by atoms with van der Waals surface area (Å²) in [5, 5.41) is 17.3. The fourth-order valence-electron chi connectivity index (χ4n) is 5.33. The number of anilines is 1. The van der Waals surface area contributed by atoms with Gasteiger partial charge in [0.2, 0.25) is 11.6 Å². The van der Waals surface area contributed by atoms with Crippen molar-refractivity contribution in [3.63, 3.8) is 0 Å². The van der Waals surface area contributed by atoms with Gasteiger partial charge in [0.1, 0.15) is 0 Å². The first-order valence-corrected chi connectivity index (χ1v) is 10.7. The predicted molar refractivity (Wildman–Crippen MR) is 111 cm³/mol. The van der Waals surface area contributed by atoms with Crippen molar-refractivity contribution in [3.05, 3.63) is 46.8 Å². The zero-order chi connectivity index (χ0) is 20.8. The van der Waals surface area contributed by atoms with Gasteiger partial charge in [-0.15, -0.1) is 0 Å². The number of ketones is 2. The summed E-state index contributed by atoms with van der Waals surface area (Å²) >= 11 is 1.43. The SMILES string of the molecule is COC12C(CO)C3=C(C(=O)C(C)=C(Nc4nc5ccccc5s4)C3=O)N1CC1NC12. The number of ether oxygens (including phenoxy) is 1. The van der Waals surface area contributed by atoms with Crippen molar-refractivity contribution < 1.29 is 19.4 Å². The molecule has 4 unspecified atom stereocenters. The van der Waals surface area contributed by atoms with Gasteiger partial charge in [-0.3, -0.25) is 9.59 Å². The Morgan fingerprint density at radius 2 is 2.17 bits per heavy atom. The van der Waals surface area contributed by atoms with Crippen molar-refractivity contribution in [1.82, 2.24) is 15.2 Å². The van der Waals surface area contributed by atoms with E-state index in [-0.39, 0.29) is 36.0 Å². The molecule has 4 atom stereocenters. The van der Waals surface area contributed by atoms with Gasteiger partial charge < -0.3 is 25.4 Å². The molecule has 2 aromatic rings. The first-order valence-electron chi connectivity index (χ1n) is 9.88. The lowest BCUT2D eigenvalue weighted by atomic mass is 9.82. The number of piperazine rings is 1. The third-order valence-corrected chi connectivity index (χ3v) is 7.70. The van der Waals surface area contributed by atoms with Crippen LogP contribution in [0.1, 0.15) is 6.92 Å². The molecule has 0 amide bonds. The Bertz CT molecular complexity index is 1170. The third-order valence-electron chi connectivity index (χ3n) is 6.74. The van der Waals surface area contributed by atoms with Gasteiger partial charge in [0.25, 0.3) is 0 Å². The summed E-state index contributed by atoms with van der Waals surface area (Å²) in [5.74, 6) is -1.07. The summed E-state index contributed by atoms with van der Waals surface area (Å²) in [6, 6.07) is 7.91. The number of Topliss-reactive ketones (excluding diaryl/α,β-unsaturated/α-hetero) is 2. The third kappa shape index (κ3) is 2.08. The Labute approximate surface area is 176 Å². The second-order valence-corrected chi connectivity index (χ2v) is 9.12. The normalized spacial score (nSPS) is 32.1. The molecule has 4 heterocycles. The van der Waals surface area contributed by atoms with Crippen LogP contribution >= 0.6 is 11.3 Å². The van der Waals surface area contributed by atoms with Crippen LogP contribution in [0.15, 0.2) is 46.8 Å². The molecule has 0 bridgehead atoms. The van der Waals surface area contributed by atoms with E-state index in [2.05, 4.69) is 15.6 Å². The largest absolute Gasteiger partial charge is 0.396 e. The molecule has 0 saturated carbocycles. The maximum absolute atomic E-state index is 13.6. The van der Waals surface area contributed by atoms with Gasteiger partial charge in [0.05, 0.1) is 40.2 Å². The Hall–Kier alpha value is -2.59. The zero-order valence-corrected chi connectivity index (χ0v) is 17.2. The molecule has 9 heteroatoms. The number of methoxy groups -OCH3 is 1. The minimum absolute atomic E-state index is 0.00757. The Balaban J connectivity index is 1.42. The van der Waals surface area contributed by atoms with Gasteiger partial charge in [-0.1, -0.05) is 23.5 Å². The smallest absolute Gasteiger partial charge is 0.208 e. The van der Waals surface area contributed by atoms with Crippen LogP contribution in [0.5, 0.6) is 0 Å². The number of carbonyl (C=O) groups excluding carboxylic acids is 2. The van der Waals surface area contributed by atoms with E-state index in [1.165, 1.54) is 11.3 Å². The van der Waals surface area contributed by atoms with Gasteiger partial charge >= 0.3 is 0 Å². The van der Waals surface area contributed by atoms with Crippen molar-refractivity contribution in [2.24, 2.45) is 5.92 Å². The lowest BCUT2D eigenvalue weighted by molar-refractivity contribution is -0.137. The number of para-hydroxylation sites is 1. The lowest BCUT2D eigenvalue weighted by Crippen LogP contribution is -2.54. The summed E-state index contributed by atoms with van der Waals surface area (Å²) < 4.78 is 6.90. The number of carbonyl (C=O) groups is 2. The number of nitrogens with zero attached hydrogens (tertiary/aromatic N) is 2. The number of nitrogens with one attached hydrogen (secondary N) is 2. The van der Waals surface area contributed by atoms with Crippen LogP contribution in [-0.4, -0.2) is 64.6 Å². The summed E-state index contributed by atoms with van der Waals surface area (Å²) in [6.45, 7) is 1.97. The van der Waals surface area contributed by atoms with E-state index < -0.39 is 11.6 Å². The topological polar surface area (TPSA) is 114 Å². The predicted octanol–water partition coefficient (Wildman–Crippen LogP) is 1.01. The van der Waals surface area contributed by atoms with E-state index in [1.807, 2.05) is 29.2 Å². The van der Waals surface area contributed by atoms with Crippen LogP contribution in [0.3, 0.4) is 0 Å². The van der Waals surface area contributed by atoms with E-state index >= 15 is 0 Å². The quantitative estimate of drug-likeness (QED) is 0.492. The average Bonchev–Trinajstić information content (AvgIpc) is 3.16. The summed E-state index contributed by atoms with van der Waals surface area (Å²) in [7, 11) is 1.58. The van der Waals surface area contributed by atoms with Crippen LogP contribution in [0, 0.1) is 5.92 Å². The number of fused-ring (bicyclic) bond motifs is 5. The molecule has 1 aliphatic carbocycles. The average molecular weight is 424 g/mol. The van der Waals surface area contributed by atoms with Crippen molar-refractivity contribution >= 4 is 38.3 Å². The fourth-order valence-corrected chi connectivity index (χ4v) is 6.20. The number of benzene rings is 1. The minimum Gasteiger partial charge on any atom is -0.396 e. The summed E-state index contributed by atoms with van der Waals surface area (Å²) in [5.41, 5.74) is 1.23. The van der Waals surface area contributed by atoms with E-state index in [0.717, 1.165) is 10.2 Å². The minimum atomic E-state index is -0.902. The van der Waals surface area contributed by atoms with Gasteiger partial charge in [-0.25, -0.2) is 4.98 Å². The van der Waals surface area contributed by atoms with Crippen LogP contribution in [0.4, 0.5) is 5.13 Å². The highest BCUT2D eigenvalue weighted by Gasteiger charge is 2.72. The second kappa shape index (κ2) is 5.98. The van der Waals surface area contributed by atoms with Crippen LogP contribution in [0.25, 0.3) is 10.2 Å². The highest BCUT2D eigenvalue weighted by Crippen LogP contribution is 2.55. The maximum atomic E-state index is 13.6. The number of rotatable bonds is 4. The highest BCUT2D eigenvalue weighted by atomic mass is 32.1. The van der Waals surface area contributed by atoms with E-state index in [1.54, 1.807) is 14.0 Å². The number of thiazole rings is 1. The highest BCUT2D eigenvalue weighted by molar-refractivity contribution is 7.22. The van der Waals surface area contributed by atoms with Crippen LogP contribution in [0.2, 0.25) is 0 Å². The van der Waals surface area contributed by atoms with Crippen molar-refractivity contribution in [2.75, 3.05) is 25.6 Å². The molecule has 2 fully saturated rings. The van der Waals surface area contributed by atoms with Crippen LogP contribution in [-0.2, 0) is 14.3 Å². The maximum Gasteiger partial charge on any atom is 0.208 e. The Kier molecular flexibility index (Phi) is 3.63. The number of aliphatic hydroxyl groups is 1. The Morgan fingerprint density at radius 1 is 1.37 bits per heavy atom. The Morgan fingerprint density at radius 3 is 2.90 bits per heavy atom. The molecule has 6 rings (SSSR count). The molecule has 30 heavy (non-hydrogen) atoms. The molecule has 0 spiro atoms. The van der Waals surface area contributed by atoms with Crippen molar-refractivity contribution in [1.29, 1.82) is 0 Å². The van der Waals surface area contributed by atoms with E-state index in [4.69, 9.17) is 4.74 Å². The first-order chi connectivity index (χ1) is 14.5. The van der Waals surface area contributed by atoms with Gasteiger partial charge in [0.15, 0.2) is 10.9 Å². The molecule has 8 nitrogen and oxygen atoms in total. The lowest BCUT2D eigenvalue weighted by Gasteiger charge is -2.39. The number of allylic oxidation sites excluding steroid dienone is 2. The molecule has 0 radical (unpaired) electrons. The number of hydrogen-bond donors (Lipinski definition) is 3. The number of hydrogen-bond acceptors (Lipinski definition) is 9. The summed E-state index contributed by atoms with van der Waals surface area (Å²) in [6.07, 6.45) is 0. The molecular formula is C21H20N4O4S. The molecular weight excluding hydrogens is 404 g/mol. The molecule has 154 valence electrons. The van der Waals surface area contributed by atoms with E-state index in [0.29, 0.717) is 28.5 Å². The molecule has 2 saturated heterocycles. The fraction of sp³-hybridized carbons (Fsp3) is 0.381. The summed E-state index contributed by atoms with van der Waals surface area (Å²) in [4.78, 5) is 33.4. The molecule has 4 aliphatic rings. The zero-order valence-electron chi connectivity index (χ0n) is 16.4. The van der Waals surface area contributed by atoms with Crippen LogP contribution < -0.4 is 10.6 Å². The molecule has 1 aromatic heterocycles. The van der Waals surface area contributed by atoms with Crippen molar-refractivity contribution in [3.8, 4) is 0 Å². The molecule has 3 aliphatic heterocycles. The standard InChI is InChI=1S/C21H20N4O4S/c1-9-15(24-20-23-11-5-3-4-6-13(11)30-20)18(28)14-10(8-26)21(29-2)19-12(22-19)7-25(21)16(14)17(9)27/h3-6,10,12,19,22,26H,7-8H2,1-2H3,(H,23,24). The second-order valence-electron chi connectivity index (χ2n) is 8.08. The van der Waals surface area contributed by atoms with Gasteiger partial charge in [-0.2, -0.15) is 0 Å². The van der Waals surface area contributed by atoms with Gasteiger partial charge in [-0.05, 0) is 19.1 Å². The first kappa shape index (κ1) is 18.2. The van der Waals surface area contributed by atoms with Crippen molar-refractivity contribution in [2.45, 2.75) is 24.7 Å². The molecule has 3 N–H and O–H groups in total. The molecule has 1 aromatic carbocycles.